The van der Waals surface area contributed by atoms with Crippen LogP contribution in [0, 0.1) is 0 Å². The molecule has 0 saturated carbocycles. The molecule has 1 unspecified atom stereocenters. The average Bonchev–Trinajstić information content (AvgIpc) is 2.34. The van der Waals surface area contributed by atoms with Crippen LogP contribution in [0.3, 0.4) is 0 Å². The Morgan fingerprint density at radius 2 is 1.88 bits per heavy atom. The number of nitrogens with two attached hydrogens (primary N) is 1. The van der Waals surface area contributed by atoms with Crippen molar-refractivity contribution in [3.8, 4) is 0 Å². The van der Waals surface area contributed by atoms with Crippen molar-refractivity contribution in [2.45, 2.75) is 50.0 Å². The first-order chi connectivity index (χ1) is 8.22. The zero-order chi connectivity index (χ0) is 12.5. The summed E-state index contributed by atoms with van der Waals surface area (Å²) in [5.74, 6) is 0.994. The summed E-state index contributed by atoms with van der Waals surface area (Å²) in [5, 5.41) is 0.790. The molecule has 0 heterocycles. The van der Waals surface area contributed by atoms with Gasteiger partial charge in [-0.25, -0.2) is 0 Å². The lowest BCUT2D eigenvalue weighted by Crippen LogP contribution is -2.22. The molecule has 0 aliphatic heterocycles. The first kappa shape index (κ1) is 14.9. The van der Waals surface area contributed by atoms with Gasteiger partial charge in [0.2, 0.25) is 0 Å². The van der Waals surface area contributed by atoms with E-state index in [2.05, 4.69) is 19.1 Å². The van der Waals surface area contributed by atoms with Crippen molar-refractivity contribution in [2.75, 3.05) is 5.75 Å². The van der Waals surface area contributed by atoms with E-state index in [0.29, 0.717) is 6.04 Å². The van der Waals surface area contributed by atoms with Gasteiger partial charge in [-0.3, -0.25) is 0 Å². The standard InChI is InChI=1S/C14H22ClNS/c1-2-3-4-5-6-13(16)11-17-14-9-7-12(15)8-10-14/h7-10,13H,2-6,11,16H2,1H3. The van der Waals surface area contributed by atoms with E-state index in [1.807, 2.05) is 23.9 Å². The van der Waals surface area contributed by atoms with Gasteiger partial charge in [0.1, 0.15) is 0 Å². The smallest absolute Gasteiger partial charge is 0.0406 e. The molecule has 0 fully saturated rings. The van der Waals surface area contributed by atoms with E-state index in [9.17, 15) is 0 Å². The van der Waals surface area contributed by atoms with Crippen LogP contribution in [0.5, 0.6) is 0 Å². The molecular formula is C14H22ClNS. The Labute approximate surface area is 114 Å². The first-order valence-corrected chi connectivity index (χ1v) is 7.72. The summed E-state index contributed by atoms with van der Waals surface area (Å²) in [4.78, 5) is 1.25. The molecule has 1 aromatic carbocycles. The number of rotatable bonds is 8. The largest absolute Gasteiger partial charge is 0.327 e. The highest BCUT2D eigenvalue weighted by Gasteiger charge is 2.03. The zero-order valence-corrected chi connectivity index (χ0v) is 12.1. The highest BCUT2D eigenvalue weighted by molar-refractivity contribution is 7.99. The lowest BCUT2D eigenvalue weighted by atomic mass is 10.1. The van der Waals surface area contributed by atoms with Crippen LogP contribution in [0.1, 0.15) is 39.0 Å². The molecule has 1 rings (SSSR count). The minimum absolute atomic E-state index is 0.313. The maximum atomic E-state index is 6.09. The Hall–Kier alpha value is -0.180. The third-order valence-corrected chi connectivity index (χ3v) is 4.16. The second-order valence-corrected chi connectivity index (χ2v) is 5.90. The molecule has 0 radical (unpaired) electrons. The van der Waals surface area contributed by atoms with Gasteiger partial charge in [0.15, 0.2) is 0 Å². The van der Waals surface area contributed by atoms with Crippen molar-refractivity contribution in [1.82, 2.24) is 0 Å². The maximum Gasteiger partial charge on any atom is 0.0406 e. The molecule has 1 nitrogen and oxygen atoms in total. The summed E-state index contributed by atoms with van der Waals surface area (Å²) < 4.78 is 0. The third kappa shape index (κ3) is 6.97. The number of halogens is 1. The molecule has 1 atom stereocenters. The van der Waals surface area contributed by atoms with Crippen LogP contribution >= 0.6 is 23.4 Å². The topological polar surface area (TPSA) is 26.0 Å². The van der Waals surface area contributed by atoms with Gasteiger partial charge in [-0.05, 0) is 30.7 Å². The van der Waals surface area contributed by atoms with Gasteiger partial charge >= 0.3 is 0 Å². The quantitative estimate of drug-likeness (QED) is 0.546. The highest BCUT2D eigenvalue weighted by Crippen LogP contribution is 2.21. The van der Waals surface area contributed by atoms with E-state index in [0.717, 1.165) is 17.2 Å². The van der Waals surface area contributed by atoms with Crippen LogP contribution in [-0.2, 0) is 0 Å². The molecule has 1 aromatic rings. The zero-order valence-electron chi connectivity index (χ0n) is 10.5. The minimum atomic E-state index is 0.313. The van der Waals surface area contributed by atoms with Crippen molar-refractivity contribution >= 4 is 23.4 Å². The monoisotopic (exact) mass is 271 g/mol. The van der Waals surface area contributed by atoms with Crippen LogP contribution in [-0.4, -0.2) is 11.8 Å². The van der Waals surface area contributed by atoms with Gasteiger partial charge in [0, 0.05) is 21.7 Å². The van der Waals surface area contributed by atoms with Crippen LogP contribution < -0.4 is 5.73 Å². The van der Waals surface area contributed by atoms with E-state index < -0.39 is 0 Å². The summed E-state index contributed by atoms with van der Waals surface area (Å²) in [6.07, 6.45) is 6.33. The van der Waals surface area contributed by atoms with Crippen LogP contribution in [0.15, 0.2) is 29.2 Å². The number of benzene rings is 1. The highest BCUT2D eigenvalue weighted by atomic mass is 35.5. The molecule has 0 bridgehead atoms. The minimum Gasteiger partial charge on any atom is -0.327 e. The molecule has 0 aromatic heterocycles. The van der Waals surface area contributed by atoms with Gasteiger partial charge in [-0.1, -0.05) is 44.2 Å². The van der Waals surface area contributed by atoms with Crippen molar-refractivity contribution in [2.24, 2.45) is 5.73 Å². The molecule has 17 heavy (non-hydrogen) atoms. The predicted molar refractivity (Wildman–Crippen MR) is 78.9 cm³/mol. The maximum absolute atomic E-state index is 6.09. The molecular weight excluding hydrogens is 250 g/mol. The van der Waals surface area contributed by atoms with Crippen molar-refractivity contribution in [3.05, 3.63) is 29.3 Å². The van der Waals surface area contributed by atoms with Gasteiger partial charge in [-0.15, -0.1) is 11.8 Å². The summed E-state index contributed by atoms with van der Waals surface area (Å²) in [5.41, 5.74) is 6.09. The van der Waals surface area contributed by atoms with E-state index in [4.69, 9.17) is 17.3 Å². The van der Waals surface area contributed by atoms with Crippen LogP contribution in [0.4, 0.5) is 0 Å². The summed E-state index contributed by atoms with van der Waals surface area (Å²) >= 11 is 7.66. The Bertz CT molecular complexity index is 300. The molecule has 0 aliphatic rings. The number of unbranched alkanes of at least 4 members (excludes halogenated alkanes) is 3. The first-order valence-electron chi connectivity index (χ1n) is 6.36. The lowest BCUT2D eigenvalue weighted by molar-refractivity contribution is 0.579. The predicted octanol–water partition coefficient (Wildman–Crippen LogP) is 4.73. The lowest BCUT2D eigenvalue weighted by Gasteiger charge is -2.10. The molecule has 96 valence electrons. The van der Waals surface area contributed by atoms with Gasteiger partial charge in [-0.2, -0.15) is 0 Å². The van der Waals surface area contributed by atoms with E-state index in [-0.39, 0.29) is 0 Å². The normalized spacial score (nSPS) is 12.6. The fourth-order valence-corrected chi connectivity index (χ4v) is 2.68. The molecule has 0 saturated heterocycles. The van der Waals surface area contributed by atoms with Crippen molar-refractivity contribution < 1.29 is 0 Å². The molecule has 0 aliphatic carbocycles. The fourth-order valence-electron chi connectivity index (χ4n) is 1.65. The van der Waals surface area contributed by atoms with E-state index >= 15 is 0 Å². The van der Waals surface area contributed by atoms with Crippen molar-refractivity contribution in [1.29, 1.82) is 0 Å². The third-order valence-electron chi connectivity index (χ3n) is 2.71. The molecule has 0 spiro atoms. The van der Waals surface area contributed by atoms with Crippen LogP contribution in [0.2, 0.25) is 5.02 Å². The molecule has 0 amide bonds. The second kappa shape index (κ2) is 8.84. The van der Waals surface area contributed by atoms with Gasteiger partial charge in [0.05, 0.1) is 0 Å². The Kier molecular flexibility index (Phi) is 7.74. The Morgan fingerprint density at radius 3 is 2.53 bits per heavy atom. The number of hydrogen-bond acceptors (Lipinski definition) is 2. The van der Waals surface area contributed by atoms with E-state index in [1.165, 1.54) is 30.6 Å². The van der Waals surface area contributed by atoms with Crippen molar-refractivity contribution in [3.63, 3.8) is 0 Å². The SMILES string of the molecule is CCCCCCC(N)CSc1ccc(Cl)cc1. The molecule has 2 N–H and O–H groups in total. The Balaban J connectivity index is 2.14. The summed E-state index contributed by atoms with van der Waals surface area (Å²) in [7, 11) is 0. The summed E-state index contributed by atoms with van der Waals surface area (Å²) in [6, 6.07) is 8.27. The van der Waals surface area contributed by atoms with E-state index in [1.54, 1.807) is 0 Å². The summed E-state index contributed by atoms with van der Waals surface area (Å²) in [6.45, 7) is 2.23. The average molecular weight is 272 g/mol. The Morgan fingerprint density at radius 1 is 1.18 bits per heavy atom. The van der Waals surface area contributed by atoms with Gasteiger partial charge < -0.3 is 5.73 Å². The van der Waals surface area contributed by atoms with Gasteiger partial charge in [0.25, 0.3) is 0 Å². The number of hydrogen-bond donors (Lipinski definition) is 1. The second-order valence-electron chi connectivity index (χ2n) is 4.37. The fraction of sp³-hybridized carbons (Fsp3) is 0.571. The molecule has 3 heteroatoms. The van der Waals surface area contributed by atoms with Crippen LogP contribution in [0.25, 0.3) is 0 Å². The number of thioether (sulfide) groups is 1.